The van der Waals surface area contributed by atoms with E-state index in [1.807, 2.05) is 24.3 Å². The van der Waals surface area contributed by atoms with Crippen molar-refractivity contribution in [3.8, 4) is 5.75 Å². The number of nitrogens with two attached hydrogens (primary N) is 1. The van der Waals surface area contributed by atoms with Gasteiger partial charge in [-0.3, -0.25) is 9.59 Å². The quantitative estimate of drug-likeness (QED) is 0.461. The molecule has 0 saturated heterocycles. The van der Waals surface area contributed by atoms with Gasteiger partial charge in [0.05, 0.1) is 18.4 Å². The minimum Gasteiger partial charge on any atom is -0.497 e. The Balaban J connectivity index is 1.60. The first kappa shape index (κ1) is 21.7. The molecule has 0 heterocycles. The smallest absolute Gasteiger partial charge is 0.339 e. The lowest BCUT2D eigenvalue weighted by Crippen LogP contribution is -2.36. The lowest BCUT2D eigenvalue weighted by atomic mass is 10.2. The number of amides is 2. The van der Waals surface area contributed by atoms with Crippen molar-refractivity contribution in [2.24, 2.45) is 5.73 Å². The van der Waals surface area contributed by atoms with E-state index < -0.39 is 11.9 Å². The third kappa shape index (κ3) is 6.00. The van der Waals surface area contributed by atoms with Gasteiger partial charge in [-0.15, -0.1) is 11.8 Å². The largest absolute Gasteiger partial charge is 0.497 e. The Hall–Kier alpha value is -3.00. The van der Waals surface area contributed by atoms with Gasteiger partial charge in [0.15, 0.2) is 6.61 Å². The van der Waals surface area contributed by atoms with Gasteiger partial charge in [0.25, 0.3) is 5.91 Å². The third-order valence-corrected chi connectivity index (χ3v) is 5.72. The van der Waals surface area contributed by atoms with Gasteiger partial charge < -0.3 is 20.1 Å². The number of benzene rings is 2. The zero-order chi connectivity index (χ0) is 21.5. The highest BCUT2D eigenvalue weighted by molar-refractivity contribution is 8.00. The molecule has 0 aliphatic heterocycles. The Morgan fingerprint density at radius 3 is 2.43 bits per heavy atom. The number of carbonyl (C=O) groups excluding carboxylic acids is 3. The molecule has 2 N–H and O–H groups in total. The van der Waals surface area contributed by atoms with Crippen molar-refractivity contribution in [2.75, 3.05) is 19.5 Å². The summed E-state index contributed by atoms with van der Waals surface area (Å²) in [5, 5.41) is 0. The molecule has 3 rings (SSSR count). The monoisotopic (exact) mass is 428 g/mol. The van der Waals surface area contributed by atoms with E-state index in [1.165, 1.54) is 0 Å². The van der Waals surface area contributed by atoms with Crippen LogP contribution in [0.2, 0.25) is 0 Å². The minimum absolute atomic E-state index is 0.0561. The number of thioether (sulfide) groups is 1. The zero-order valence-electron chi connectivity index (χ0n) is 16.7. The molecule has 30 heavy (non-hydrogen) atoms. The van der Waals surface area contributed by atoms with Gasteiger partial charge >= 0.3 is 5.97 Å². The van der Waals surface area contributed by atoms with Crippen LogP contribution in [0.15, 0.2) is 53.4 Å². The summed E-state index contributed by atoms with van der Waals surface area (Å²) in [7, 11) is 1.61. The lowest BCUT2D eigenvalue weighted by Gasteiger charge is -2.22. The molecule has 1 aliphatic carbocycles. The maximum atomic E-state index is 12.7. The molecule has 7 nitrogen and oxygen atoms in total. The fraction of sp³-hybridized carbons (Fsp3) is 0.318. The second-order valence-electron chi connectivity index (χ2n) is 6.93. The molecular formula is C22H24N2O5S. The molecule has 2 aromatic carbocycles. The summed E-state index contributed by atoms with van der Waals surface area (Å²) >= 11 is 1.16. The van der Waals surface area contributed by atoms with E-state index in [1.54, 1.807) is 36.3 Å². The van der Waals surface area contributed by atoms with Crippen LogP contribution in [0.4, 0.5) is 0 Å². The zero-order valence-corrected chi connectivity index (χ0v) is 17.5. The van der Waals surface area contributed by atoms with Gasteiger partial charge in [-0.2, -0.15) is 0 Å². The van der Waals surface area contributed by atoms with E-state index in [9.17, 15) is 14.4 Å². The van der Waals surface area contributed by atoms with Crippen LogP contribution in [0.5, 0.6) is 5.75 Å². The van der Waals surface area contributed by atoms with Crippen LogP contribution < -0.4 is 10.5 Å². The van der Waals surface area contributed by atoms with Crippen LogP contribution in [-0.4, -0.2) is 48.2 Å². The Morgan fingerprint density at radius 1 is 1.10 bits per heavy atom. The normalized spacial score (nSPS) is 12.8. The molecule has 0 aromatic heterocycles. The molecule has 158 valence electrons. The first-order chi connectivity index (χ1) is 14.5. The number of methoxy groups -OCH3 is 1. The van der Waals surface area contributed by atoms with Crippen LogP contribution in [0, 0.1) is 0 Å². The van der Waals surface area contributed by atoms with Crippen molar-refractivity contribution < 1.29 is 23.9 Å². The van der Waals surface area contributed by atoms with Gasteiger partial charge in [-0.25, -0.2) is 4.79 Å². The van der Waals surface area contributed by atoms with Gasteiger partial charge in [-0.05, 0) is 42.7 Å². The van der Waals surface area contributed by atoms with Crippen molar-refractivity contribution >= 4 is 29.5 Å². The Kier molecular flexibility index (Phi) is 7.35. The number of primary amides is 1. The average Bonchev–Trinajstić information content (AvgIpc) is 3.60. The molecule has 0 radical (unpaired) electrons. The number of hydrogen-bond acceptors (Lipinski definition) is 6. The van der Waals surface area contributed by atoms with Gasteiger partial charge in [0, 0.05) is 17.5 Å². The van der Waals surface area contributed by atoms with Gasteiger partial charge in [0.1, 0.15) is 5.75 Å². The van der Waals surface area contributed by atoms with Crippen molar-refractivity contribution in [3.05, 3.63) is 59.7 Å². The molecule has 2 aromatic rings. The van der Waals surface area contributed by atoms with Crippen LogP contribution in [-0.2, 0) is 20.9 Å². The topological polar surface area (TPSA) is 98.9 Å². The number of nitrogens with zero attached hydrogens (tertiary/aromatic N) is 1. The number of ether oxygens (including phenoxy) is 2. The van der Waals surface area contributed by atoms with Gasteiger partial charge in [-0.1, -0.05) is 24.3 Å². The molecule has 0 atom stereocenters. The first-order valence-corrected chi connectivity index (χ1v) is 10.6. The summed E-state index contributed by atoms with van der Waals surface area (Å²) in [6.45, 7) is 0.121. The molecule has 1 aliphatic rings. The van der Waals surface area contributed by atoms with Crippen molar-refractivity contribution in [3.63, 3.8) is 0 Å². The van der Waals surface area contributed by atoms with Gasteiger partial charge in [0.2, 0.25) is 5.91 Å². The van der Waals surface area contributed by atoms with Crippen molar-refractivity contribution in [1.82, 2.24) is 4.90 Å². The predicted molar refractivity (Wildman–Crippen MR) is 113 cm³/mol. The summed E-state index contributed by atoms with van der Waals surface area (Å²) in [5.74, 6) is -0.498. The van der Waals surface area contributed by atoms with Crippen LogP contribution in [0.3, 0.4) is 0 Å². The van der Waals surface area contributed by atoms with E-state index >= 15 is 0 Å². The van der Waals surface area contributed by atoms with E-state index in [-0.39, 0.29) is 24.3 Å². The minimum atomic E-state index is -0.601. The Morgan fingerprint density at radius 2 is 1.80 bits per heavy atom. The summed E-state index contributed by atoms with van der Waals surface area (Å²) in [5.41, 5.74) is 6.47. The summed E-state index contributed by atoms with van der Waals surface area (Å²) in [4.78, 5) is 38.6. The van der Waals surface area contributed by atoms with Crippen LogP contribution in [0.1, 0.15) is 28.8 Å². The molecule has 0 unspecified atom stereocenters. The van der Waals surface area contributed by atoms with E-state index in [0.717, 1.165) is 35.9 Å². The fourth-order valence-electron chi connectivity index (χ4n) is 2.93. The highest BCUT2D eigenvalue weighted by Crippen LogP contribution is 2.29. The highest BCUT2D eigenvalue weighted by Gasteiger charge is 2.33. The second-order valence-corrected chi connectivity index (χ2v) is 7.95. The van der Waals surface area contributed by atoms with E-state index in [4.69, 9.17) is 15.2 Å². The molecule has 0 bridgehead atoms. The maximum Gasteiger partial charge on any atom is 0.339 e. The second kappa shape index (κ2) is 10.2. The van der Waals surface area contributed by atoms with Crippen LogP contribution in [0.25, 0.3) is 0 Å². The number of hydrogen-bond donors (Lipinski definition) is 1. The Labute approximate surface area is 179 Å². The number of carbonyl (C=O) groups is 3. The molecule has 8 heteroatoms. The Bertz CT molecular complexity index is 912. The third-order valence-electron chi connectivity index (χ3n) is 4.62. The highest BCUT2D eigenvalue weighted by atomic mass is 32.2. The summed E-state index contributed by atoms with van der Waals surface area (Å²) < 4.78 is 10.5. The molecular weight excluding hydrogens is 404 g/mol. The SMILES string of the molecule is COc1ccc(CN(C(=O)COC(=O)c2ccccc2SCC(N)=O)C2CC2)cc1. The van der Waals surface area contributed by atoms with E-state index in [0.29, 0.717) is 17.0 Å². The van der Waals surface area contributed by atoms with Crippen molar-refractivity contribution in [2.45, 2.75) is 30.3 Å². The molecule has 2 amide bonds. The molecule has 0 spiro atoms. The molecule has 1 fully saturated rings. The standard InChI is InChI=1S/C22H24N2O5S/c1-28-17-10-6-15(7-11-17)12-24(16-8-9-16)21(26)13-29-22(27)18-4-2-3-5-19(18)30-14-20(23)25/h2-7,10-11,16H,8-9,12-14H2,1H3,(H2,23,25). The maximum absolute atomic E-state index is 12.7. The number of rotatable bonds is 10. The number of esters is 1. The summed E-state index contributed by atoms with van der Waals surface area (Å²) in [6, 6.07) is 14.5. The molecule has 1 saturated carbocycles. The van der Waals surface area contributed by atoms with Crippen molar-refractivity contribution in [1.29, 1.82) is 0 Å². The predicted octanol–water partition coefficient (Wildman–Crippen LogP) is 2.62. The lowest BCUT2D eigenvalue weighted by molar-refractivity contribution is -0.135. The average molecular weight is 429 g/mol. The fourth-order valence-corrected chi connectivity index (χ4v) is 3.71. The van der Waals surface area contributed by atoms with Crippen LogP contribution >= 0.6 is 11.8 Å². The summed E-state index contributed by atoms with van der Waals surface area (Å²) in [6.07, 6.45) is 1.89. The first-order valence-electron chi connectivity index (χ1n) is 9.57. The van der Waals surface area contributed by atoms with E-state index in [2.05, 4.69) is 0 Å².